The lowest BCUT2D eigenvalue weighted by Gasteiger charge is -2.39. The van der Waals surface area contributed by atoms with Gasteiger partial charge in [0.25, 0.3) is 0 Å². The van der Waals surface area contributed by atoms with E-state index in [1.54, 1.807) is 6.20 Å². The molecular weight excluding hydrogens is 418 g/mol. The van der Waals surface area contributed by atoms with Crippen molar-refractivity contribution in [2.45, 2.75) is 18.3 Å². The first kappa shape index (κ1) is 21.9. The van der Waals surface area contributed by atoms with E-state index in [9.17, 15) is 9.59 Å². The Morgan fingerprint density at radius 1 is 0.939 bits per heavy atom. The molecule has 8 heteroatoms. The molecule has 0 spiro atoms. The first-order chi connectivity index (χ1) is 16.2. The van der Waals surface area contributed by atoms with Crippen molar-refractivity contribution in [1.29, 1.82) is 0 Å². The number of amides is 3. The van der Waals surface area contributed by atoms with Gasteiger partial charge in [0.1, 0.15) is 0 Å². The van der Waals surface area contributed by atoms with Crippen LogP contribution in [0.2, 0.25) is 0 Å². The van der Waals surface area contributed by atoms with Crippen molar-refractivity contribution in [1.82, 2.24) is 19.7 Å². The van der Waals surface area contributed by atoms with Crippen LogP contribution >= 0.6 is 0 Å². The second-order valence-electron chi connectivity index (χ2n) is 9.15. The number of nitrogens with one attached hydrogen (secondary N) is 1. The number of hydrogen-bond acceptors (Lipinski definition) is 5. The molecule has 3 aliphatic rings. The van der Waals surface area contributed by atoms with Crippen molar-refractivity contribution in [3.63, 3.8) is 0 Å². The normalized spacial score (nSPS) is 21.6. The zero-order chi connectivity index (χ0) is 22.6. The fourth-order valence-corrected chi connectivity index (χ4v) is 4.82. The number of likely N-dealkylation sites (tertiary alicyclic amines) is 2. The lowest BCUT2D eigenvalue weighted by Crippen LogP contribution is -2.50. The number of urea groups is 1. The second kappa shape index (κ2) is 9.89. The van der Waals surface area contributed by atoms with Crippen LogP contribution in [-0.4, -0.2) is 90.6 Å². The zero-order valence-corrected chi connectivity index (χ0v) is 18.9. The summed E-state index contributed by atoms with van der Waals surface area (Å²) in [5.41, 5.74) is 3.20. The number of anilines is 1. The largest absolute Gasteiger partial charge is 0.379 e. The highest BCUT2D eigenvalue weighted by Crippen LogP contribution is 2.29. The van der Waals surface area contributed by atoms with Gasteiger partial charge in [-0.3, -0.25) is 14.7 Å². The van der Waals surface area contributed by atoms with E-state index in [2.05, 4.69) is 33.4 Å². The maximum Gasteiger partial charge on any atom is 0.321 e. The van der Waals surface area contributed by atoms with Crippen molar-refractivity contribution in [2.75, 3.05) is 64.3 Å². The molecule has 1 N–H and O–H groups in total. The molecule has 174 valence electrons. The quantitative estimate of drug-likeness (QED) is 0.758. The van der Waals surface area contributed by atoms with Gasteiger partial charge >= 0.3 is 6.03 Å². The number of aromatic nitrogens is 1. The highest BCUT2D eigenvalue weighted by molar-refractivity contribution is 5.90. The molecule has 3 aliphatic heterocycles. The Kier molecular flexibility index (Phi) is 6.55. The molecule has 3 fully saturated rings. The van der Waals surface area contributed by atoms with Gasteiger partial charge in [-0.05, 0) is 35.7 Å². The van der Waals surface area contributed by atoms with Crippen LogP contribution in [0, 0.1) is 0 Å². The first-order valence-electron chi connectivity index (χ1n) is 11.8. The van der Waals surface area contributed by atoms with Gasteiger partial charge in [-0.2, -0.15) is 0 Å². The molecule has 1 atom stereocenters. The SMILES string of the molecule is O=C(CN1CCOCC1)N1CCC(c2ccc(NC(=O)N3CC(c4cccnc4)C3)cc2)C1. The maximum atomic E-state index is 12.7. The number of morpholine rings is 1. The second-order valence-corrected chi connectivity index (χ2v) is 9.15. The number of benzene rings is 1. The molecule has 0 saturated carbocycles. The van der Waals surface area contributed by atoms with Gasteiger partial charge in [-0.15, -0.1) is 0 Å². The molecule has 1 unspecified atom stereocenters. The van der Waals surface area contributed by atoms with Crippen LogP contribution in [0.15, 0.2) is 48.8 Å². The summed E-state index contributed by atoms with van der Waals surface area (Å²) in [5.74, 6) is 0.921. The first-order valence-corrected chi connectivity index (χ1v) is 11.8. The Labute approximate surface area is 194 Å². The van der Waals surface area contributed by atoms with Crippen molar-refractivity contribution in [2.24, 2.45) is 0 Å². The van der Waals surface area contributed by atoms with Crippen molar-refractivity contribution >= 4 is 17.6 Å². The Morgan fingerprint density at radius 3 is 2.42 bits per heavy atom. The van der Waals surface area contributed by atoms with Gasteiger partial charge in [-0.1, -0.05) is 18.2 Å². The van der Waals surface area contributed by atoms with Crippen LogP contribution in [0.25, 0.3) is 0 Å². The van der Waals surface area contributed by atoms with Crippen LogP contribution in [0.3, 0.4) is 0 Å². The summed E-state index contributed by atoms with van der Waals surface area (Å²) in [4.78, 5) is 35.3. The minimum atomic E-state index is -0.0661. The number of rotatable bonds is 5. The highest BCUT2D eigenvalue weighted by atomic mass is 16.5. The van der Waals surface area contributed by atoms with E-state index in [4.69, 9.17) is 4.74 Å². The van der Waals surface area contributed by atoms with E-state index in [1.165, 1.54) is 11.1 Å². The standard InChI is InChI=1S/C25H31N5O3/c31-24(18-28-10-12-33-13-11-28)29-9-7-21(15-29)19-3-5-23(6-4-19)27-25(32)30-16-22(17-30)20-2-1-8-26-14-20/h1-6,8,14,21-22H,7,9-13,15-18H2,(H,27,32). The van der Waals surface area contributed by atoms with Crippen molar-refractivity contribution in [3.05, 3.63) is 59.9 Å². The zero-order valence-electron chi connectivity index (χ0n) is 18.9. The van der Waals surface area contributed by atoms with Crippen molar-refractivity contribution < 1.29 is 14.3 Å². The van der Waals surface area contributed by atoms with E-state index in [1.807, 2.05) is 34.2 Å². The molecule has 2 aromatic rings. The summed E-state index contributed by atoms with van der Waals surface area (Å²) in [6.45, 7) is 6.56. The fourth-order valence-electron chi connectivity index (χ4n) is 4.82. The highest BCUT2D eigenvalue weighted by Gasteiger charge is 2.32. The number of pyridine rings is 1. The topological polar surface area (TPSA) is 78.0 Å². The summed E-state index contributed by atoms with van der Waals surface area (Å²) < 4.78 is 5.36. The summed E-state index contributed by atoms with van der Waals surface area (Å²) in [7, 11) is 0. The van der Waals surface area contributed by atoms with Gasteiger partial charge < -0.3 is 19.9 Å². The summed E-state index contributed by atoms with van der Waals surface area (Å²) in [5, 5.41) is 3.00. The molecule has 1 aromatic carbocycles. The fraction of sp³-hybridized carbons (Fsp3) is 0.480. The molecule has 33 heavy (non-hydrogen) atoms. The minimum absolute atomic E-state index is 0.0661. The van der Waals surface area contributed by atoms with Crippen LogP contribution in [0.4, 0.5) is 10.5 Å². The molecule has 3 saturated heterocycles. The van der Waals surface area contributed by atoms with Crippen molar-refractivity contribution in [3.8, 4) is 0 Å². The van der Waals surface area contributed by atoms with Crippen LogP contribution in [-0.2, 0) is 9.53 Å². The van der Waals surface area contributed by atoms with Crippen LogP contribution < -0.4 is 5.32 Å². The van der Waals surface area contributed by atoms with E-state index >= 15 is 0 Å². The third kappa shape index (κ3) is 5.17. The van der Waals surface area contributed by atoms with Crippen LogP contribution in [0.1, 0.15) is 29.4 Å². The Morgan fingerprint density at radius 2 is 1.70 bits per heavy atom. The monoisotopic (exact) mass is 449 g/mol. The number of nitrogens with zero attached hydrogens (tertiary/aromatic N) is 4. The van der Waals surface area contributed by atoms with E-state index in [-0.39, 0.29) is 11.9 Å². The smallest absolute Gasteiger partial charge is 0.321 e. The number of ether oxygens (including phenoxy) is 1. The molecule has 1 aromatic heterocycles. The van der Waals surface area contributed by atoms with Gasteiger partial charge in [0.2, 0.25) is 5.91 Å². The van der Waals surface area contributed by atoms with Gasteiger partial charge in [0.05, 0.1) is 19.8 Å². The van der Waals surface area contributed by atoms with E-state index in [0.29, 0.717) is 44.7 Å². The summed E-state index contributed by atoms with van der Waals surface area (Å²) in [6, 6.07) is 12.0. The maximum absolute atomic E-state index is 12.7. The predicted molar refractivity (Wildman–Crippen MR) is 125 cm³/mol. The molecule has 5 rings (SSSR count). The van der Waals surface area contributed by atoms with E-state index in [0.717, 1.165) is 38.3 Å². The molecule has 4 heterocycles. The molecule has 0 aliphatic carbocycles. The number of carbonyl (C=O) groups excluding carboxylic acids is 2. The van der Waals surface area contributed by atoms with Gasteiger partial charge in [-0.25, -0.2) is 4.79 Å². The van der Waals surface area contributed by atoms with Crippen LogP contribution in [0.5, 0.6) is 0 Å². The van der Waals surface area contributed by atoms with Gasteiger partial charge in [0.15, 0.2) is 0 Å². The number of carbonyl (C=O) groups is 2. The average Bonchev–Trinajstić information content (AvgIpc) is 3.31. The number of hydrogen-bond donors (Lipinski definition) is 1. The predicted octanol–water partition coefficient (Wildman–Crippen LogP) is 2.36. The summed E-state index contributed by atoms with van der Waals surface area (Å²) >= 11 is 0. The minimum Gasteiger partial charge on any atom is -0.379 e. The Balaban J connectivity index is 1.08. The molecule has 0 bridgehead atoms. The summed E-state index contributed by atoms with van der Waals surface area (Å²) in [6.07, 6.45) is 4.62. The Hall–Kier alpha value is -2.97. The van der Waals surface area contributed by atoms with Gasteiger partial charge in [0, 0.05) is 69.2 Å². The third-order valence-electron chi connectivity index (χ3n) is 6.96. The third-order valence-corrected chi connectivity index (χ3v) is 6.96. The lowest BCUT2D eigenvalue weighted by molar-refractivity contribution is -0.132. The molecule has 0 radical (unpaired) electrons. The van der Waals surface area contributed by atoms with E-state index < -0.39 is 0 Å². The lowest BCUT2D eigenvalue weighted by atomic mass is 9.93. The Bertz CT molecular complexity index is 956. The molecular formula is C25H31N5O3. The molecule has 8 nitrogen and oxygen atoms in total. The average molecular weight is 450 g/mol. The molecule has 3 amide bonds.